The van der Waals surface area contributed by atoms with Crippen molar-refractivity contribution in [3.63, 3.8) is 0 Å². The molecule has 0 aromatic heterocycles. The molecule has 0 aliphatic heterocycles. The summed E-state index contributed by atoms with van der Waals surface area (Å²) in [4.78, 5) is 0. The van der Waals surface area contributed by atoms with Gasteiger partial charge in [-0.3, -0.25) is 0 Å². The fourth-order valence-electron chi connectivity index (χ4n) is 1.66. The van der Waals surface area contributed by atoms with Gasteiger partial charge in [0, 0.05) is 12.6 Å². The van der Waals surface area contributed by atoms with Gasteiger partial charge in [-0.25, -0.2) is 8.78 Å². The van der Waals surface area contributed by atoms with Crippen LogP contribution in [-0.2, 0) is 6.54 Å². The first kappa shape index (κ1) is 13.1. The number of phenols is 2. The van der Waals surface area contributed by atoms with E-state index in [1.54, 1.807) is 6.07 Å². The summed E-state index contributed by atoms with van der Waals surface area (Å²) in [5.41, 5.74) is 0.927. The maximum absolute atomic E-state index is 13.6. The highest BCUT2D eigenvalue weighted by atomic mass is 19.1. The Morgan fingerprint density at radius 1 is 1.00 bits per heavy atom. The van der Waals surface area contributed by atoms with E-state index in [4.69, 9.17) is 5.11 Å². The zero-order chi connectivity index (χ0) is 14.0. The van der Waals surface area contributed by atoms with Crippen LogP contribution in [0.4, 0.5) is 14.5 Å². The molecule has 0 amide bonds. The van der Waals surface area contributed by atoms with E-state index in [1.807, 2.05) is 0 Å². The van der Waals surface area contributed by atoms with E-state index in [0.717, 1.165) is 12.1 Å². The Morgan fingerprint density at radius 2 is 1.74 bits per heavy atom. The molecule has 0 atom stereocenters. The minimum absolute atomic E-state index is 0.0515. The Balaban J connectivity index is 2.14. The molecule has 0 fully saturated rings. The van der Waals surface area contributed by atoms with E-state index >= 15 is 0 Å². The van der Waals surface area contributed by atoms with Crippen LogP contribution in [-0.4, -0.2) is 10.2 Å². The van der Waals surface area contributed by atoms with E-state index in [1.165, 1.54) is 19.1 Å². The van der Waals surface area contributed by atoms with Crippen molar-refractivity contribution in [2.45, 2.75) is 13.5 Å². The van der Waals surface area contributed by atoms with Crippen LogP contribution in [0.5, 0.6) is 11.5 Å². The largest absolute Gasteiger partial charge is 0.504 e. The summed E-state index contributed by atoms with van der Waals surface area (Å²) in [5, 5.41) is 21.2. The molecule has 5 heteroatoms. The van der Waals surface area contributed by atoms with Crippen molar-refractivity contribution < 1.29 is 19.0 Å². The lowest BCUT2D eigenvalue weighted by Crippen LogP contribution is -2.02. The van der Waals surface area contributed by atoms with E-state index in [-0.39, 0.29) is 29.3 Å². The lowest BCUT2D eigenvalue weighted by molar-refractivity contribution is 0.403. The Labute approximate surface area is 109 Å². The van der Waals surface area contributed by atoms with Crippen LogP contribution < -0.4 is 5.32 Å². The molecular weight excluding hydrogens is 252 g/mol. The van der Waals surface area contributed by atoms with Crippen LogP contribution in [0, 0.1) is 18.6 Å². The van der Waals surface area contributed by atoms with Crippen molar-refractivity contribution in [2.75, 3.05) is 5.32 Å². The minimum Gasteiger partial charge on any atom is -0.504 e. The predicted octanol–water partition coefficient (Wildman–Crippen LogP) is 3.30. The van der Waals surface area contributed by atoms with Gasteiger partial charge < -0.3 is 15.5 Å². The summed E-state index contributed by atoms with van der Waals surface area (Å²) < 4.78 is 26.9. The van der Waals surface area contributed by atoms with Crippen LogP contribution in [0.25, 0.3) is 0 Å². The molecule has 0 radical (unpaired) electrons. The number of aryl methyl sites for hydroxylation is 1. The first-order valence-electron chi connectivity index (χ1n) is 5.68. The third-order valence-electron chi connectivity index (χ3n) is 2.77. The SMILES string of the molecule is Cc1cc(F)c(NCc2ccc(O)c(O)c2)cc1F. The summed E-state index contributed by atoms with van der Waals surface area (Å²) in [6.45, 7) is 1.69. The Kier molecular flexibility index (Phi) is 3.55. The average Bonchev–Trinajstić information content (AvgIpc) is 2.36. The fourth-order valence-corrected chi connectivity index (χ4v) is 1.66. The second kappa shape index (κ2) is 5.14. The third kappa shape index (κ3) is 2.93. The molecule has 3 N–H and O–H groups in total. The quantitative estimate of drug-likeness (QED) is 0.746. The van der Waals surface area contributed by atoms with Crippen molar-refractivity contribution in [2.24, 2.45) is 0 Å². The number of nitrogens with one attached hydrogen (secondary N) is 1. The van der Waals surface area contributed by atoms with Crippen LogP contribution in [0.2, 0.25) is 0 Å². The number of hydrogen-bond acceptors (Lipinski definition) is 3. The molecule has 0 unspecified atom stereocenters. The fraction of sp³-hybridized carbons (Fsp3) is 0.143. The molecule has 0 saturated carbocycles. The number of halogens is 2. The maximum Gasteiger partial charge on any atom is 0.157 e. The molecule has 0 heterocycles. The lowest BCUT2D eigenvalue weighted by Gasteiger charge is -2.09. The molecule has 2 aromatic carbocycles. The second-order valence-corrected chi connectivity index (χ2v) is 4.26. The van der Waals surface area contributed by atoms with Gasteiger partial charge in [0.2, 0.25) is 0 Å². The standard InChI is InChI=1S/C14H13F2NO2/c1-8-4-11(16)12(6-10(8)15)17-7-9-2-3-13(18)14(19)5-9/h2-6,17-19H,7H2,1H3. The van der Waals surface area contributed by atoms with Gasteiger partial charge in [0.15, 0.2) is 11.5 Å². The van der Waals surface area contributed by atoms with Gasteiger partial charge in [0.25, 0.3) is 0 Å². The van der Waals surface area contributed by atoms with Crippen LogP contribution in [0.1, 0.15) is 11.1 Å². The predicted molar refractivity (Wildman–Crippen MR) is 68.2 cm³/mol. The van der Waals surface area contributed by atoms with Crippen LogP contribution in [0.15, 0.2) is 30.3 Å². The smallest absolute Gasteiger partial charge is 0.157 e. The first-order chi connectivity index (χ1) is 8.97. The molecule has 19 heavy (non-hydrogen) atoms. The summed E-state index contributed by atoms with van der Waals surface area (Å²) in [5.74, 6) is -1.51. The molecule has 0 saturated heterocycles. The zero-order valence-corrected chi connectivity index (χ0v) is 10.2. The monoisotopic (exact) mass is 265 g/mol. The van der Waals surface area contributed by atoms with Gasteiger partial charge in [0.1, 0.15) is 11.6 Å². The number of aromatic hydroxyl groups is 2. The Hall–Kier alpha value is -2.30. The number of rotatable bonds is 3. The van der Waals surface area contributed by atoms with Gasteiger partial charge in [-0.2, -0.15) is 0 Å². The van der Waals surface area contributed by atoms with Gasteiger partial charge in [-0.1, -0.05) is 6.07 Å². The summed E-state index contributed by atoms with van der Waals surface area (Å²) in [6.07, 6.45) is 0. The van der Waals surface area contributed by atoms with E-state index < -0.39 is 11.6 Å². The molecule has 100 valence electrons. The normalized spacial score (nSPS) is 10.5. The second-order valence-electron chi connectivity index (χ2n) is 4.26. The molecule has 2 rings (SSSR count). The van der Waals surface area contributed by atoms with Crippen molar-refractivity contribution in [3.05, 3.63) is 53.1 Å². The highest BCUT2D eigenvalue weighted by Crippen LogP contribution is 2.26. The topological polar surface area (TPSA) is 52.5 Å². The maximum atomic E-state index is 13.6. The Bertz CT molecular complexity index is 615. The van der Waals surface area contributed by atoms with Gasteiger partial charge in [0.05, 0.1) is 5.69 Å². The van der Waals surface area contributed by atoms with Crippen molar-refractivity contribution in [1.82, 2.24) is 0 Å². The summed E-state index contributed by atoms with van der Waals surface area (Å²) in [6, 6.07) is 6.46. The van der Waals surface area contributed by atoms with Gasteiger partial charge in [-0.15, -0.1) is 0 Å². The Morgan fingerprint density at radius 3 is 2.42 bits per heavy atom. The van der Waals surface area contributed by atoms with Gasteiger partial charge in [-0.05, 0) is 36.2 Å². The first-order valence-corrected chi connectivity index (χ1v) is 5.68. The molecule has 0 aliphatic rings. The molecule has 2 aromatic rings. The van der Waals surface area contributed by atoms with Crippen molar-refractivity contribution in [3.8, 4) is 11.5 Å². The summed E-state index contributed by atoms with van der Waals surface area (Å²) in [7, 11) is 0. The average molecular weight is 265 g/mol. The molecule has 3 nitrogen and oxygen atoms in total. The lowest BCUT2D eigenvalue weighted by atomic mass is 10.1. The number of anilines is 1. The highest BCUT2D eigenvalue weighted by Gasteiger charge is 2.07. The molecule has 0 bridgehead atoms. The molecule has 0 aliphatic carbocycles. The molecule has 0 spiro atoms. The van der Waals surface area contributed by atoms with E-state index in [2.05, 4.69) is 5.32 Å². The van der Waals surface area contributed by atoms with Crippen LogP contribution in [0.3, 0.4) is 0 Å². The number of phenolic OH excluding ortho intramolecular Hbond substituents is 2. The highest BCUT2D eigenvalue weighted by molar-refractivity contribution is 5.48. The van der Waals surface area contributed by atoms with E-state index in [0.29, 0.717) is 5.56 Å². The zero-order valence-electron chi connectivity index (χ0n) is 10.2. The van der Waals surface area contributed by atoms with E-state index in [9.17, 15) is 13.9 Å². The minimum atomic E-state index is -0.540. The van der Waals surface area contributed by atoms with Crippen molar-refractivity contribution >= 4 is 5.69 Å². The van der Waals surface area contributed by atoms with Gasteiger partial charge >= 0.3 is 0 Å². The number of hydrogen-bond donors (Lipinski definition) is 3. The van der Waals surface area contributed by atoms with Crippen LogP contribution >= 0.6 is 0 Å². The van der Waals surface area contributed by atoms with Crippen molar-refractivity contribution in [1.29, 1.82) is 0 Å². The molecular formula is C14H13F2NO2. The summed E-state index contributed by atoms with van der Waals surface area (Å²) >= 11 is 0. The third-order valence-corrected chi connectivity index (χ3v) is 2.77. The number of benzene rings is 2.